The standard InChI is InChI=1S/C44H80N12O13S2/c1-25(2)21-31(43(67)56-19-10-14-34(56)42(66)52-30(44(68)69)13-6-9-18-47)53-38(62)28(12-5-8-17-46)50-40(64)32(23-57)54-41(65)33(24-70)55-39(63)29(15-20-71-3)51-37(61)27(11-4-7-16-45)49-36(60)26(48)22-35(58)59/h25-34,57,70H,4-24,45-48H2,1-3H3,(H,49,60)(H,50,64)(H,51,61)(H,52,66)(H,53,62)(H,54,65)(H,55,63)(H,58,59)(H,68,69)/t26-,27-,28-,29-,30-,31-,32-,33-,34-/m0/s1. The summed E-state index contributed by atoms with van der Waals surface area (Å²) in [6.07, 6.45) is 4.95. The first-order chi connectivity index (χ1) is 33.7. The molecule has 0 radical (unpaired) electrons. The van der Waals surface area contributed by atoms with Gasteiger partial charge in [-0.15, -0.1) is 0 Å². The van der Waals surface area contributed by atoms with Gasteiger partial charge in [0, 0.05) is 12.3 Å². The van der Waals surface area contributed by atoms with Gasteiger partial charge in [0.15, 0.2) is 0 Å². The molecule has 0 aromatic heterocycles. The number of rotatable bonds is 37. The van der Waals surface area contributed by atoms with E-state index in [9.17, 15) is 58.2 Å². The summed E-state index contributed by atoms with van der Waals surface area (Å²) in [6, 6.07) is -11.7. The SMILES string of the molecule is CSCC[C@H](NC(=O)[C@H](CCCCN)NC(=O)[C@@H](N)CC(=O)O)C(=O)N[C@@H](CS)C(=O)N[C@@H](CO)C(=O)N[C@@H](CCCCN)C(=O)N[C@@H](CC(C)C)C(=O)N1CCC[C@H]1C(=O)N[C@@H](CCCCN)C(=O)O. The van der Waals surface area contributed by atoms with Crippen LogP contribution in [-0.2, 0) is 47.9 Å². The average Bonchev–Trinajstić information content (AvgIpc) is 3.82. The molecule has 0 bridgehead atoms. The van der Waals surface area contributed by atoms with Crippen molar-refractivity contribution in [2.75, 3.05) is 50.5 Å². The van der Waals surface area contributed by atoms with Crippen LogP contribution in [0.2, 0.25) is 0 Å². The lowest BCUT2D eigenvalue weighted by molar-refractivity contribution is -0.145. The van der Waals surface area contributed by atoms with Crippen LogP contribution in [0, 0.1) is 5.92 Å². The Kier molecular flexibility index (Phi) is 32.0. The molecule has 8 amide bonds. The number of carboxylic acid groups (broad SMARTS) is 2. The van der Waals surface area contributed by atoms with Crippen LogP contribution in [0.3, 0.4) is 0 Å². The highest BCUT2D eigenvalue weighted by atomic mass is 32.2. The Labute approximate surface area is 425 Å². The van der Waals surface area contributed by atoms with Gasteiger partial charge < -0.3 is 80.4 Å². The fourth-order valence-electron chi connectivity index (χ4n) is 7.55. The Morgan fingerprint density at radius 1 is 0.620 bits per heavy atom. The van der Waals surface area contributed by atoms with Crippen LogP contribution in [-0.4, -0.2) is 184 Å². The van der Waals surface area contributed by atoms with Gasteiger partial charge in [-0.05, 0) is 121 Å². The molecule has 9 atom stereocenters. The highest BCUT2D eigenvalue weighted by Crippen LogP contribution is 2.21. The van der Waals surface area contributed by atoms with E-state index < -0.39 is 127 Å². The van der Waals surface area contributed by atoms with E-state index in [-0.39, 0.29) is 69.8 Å². The molecule has 0 spiro atoms. The van der Waals surface area contributed by atoms with Gasteiger partial charge in [0.05, 0.1) is 19.1 Å². The van der Waals surface area contributed by atoms with E-state index in [1.54, 1.807) is 6.26 Å². The zero-order valence-corrected chi connectivity index (χ0v) is 42.9. The smallest absolute Gasteiger partial charge is 0.326 e. The molecular formula is C44H80N12O13S2. The third-order valence-electron chi connectivity index (χ3n) is 11.5. The third-order valence-corrected chi connectivity index (χ3v) is 12.5. The van der Waals surface area contributed by atoms with Crippen LogP contribution >= 0.6 is 24.4 Å². The molecule has 0 aliphatic carbocycles. The van der Waals surface area contributed by atoms with E-state index >= 15 is 0 Å². The quantitative estimate of drug-likeness (QED) is 0.0211. The van der Waals surface area contributed by atoms with Crippen LogP contribution in [0.15, 0.2) is 0 Å². The number of nitrogens with zero attached hydrogens (tertiary/aromatic N) is 1. The van der Waals surface area contributed by atoms with Crippen molar-refractivity contribution in [1.82, 2.24) is 42.1 Å². The summed E-state index contributed by atoms with van der Waals surface area (Å²) in [7, 11) is 0. The van der Waals surface area contributed by atoms with Gasteiger partial charge in [0.1, 0.15) is 48.3 Å². The number of aliphatic hydroxyl groups excluding tert-OH is 1. The normalized spacial score (nSPS) is 16.8. The highest BCUT2D eigenvalue weighted by molar-refractivity contribution is 7.98. The van der Waals surface area contributed by atoms with E-state index in [4.69, 9.17) is 28.0 Å². The van der Waals surface area contributed by atoms with Crippen LogP contribution in [0.1, 0.15) is 104 Å². The number of carbonyl (C=O) groups excluding carboxylic acids is 8. The van der Waals surface area contributed by atoms with E-state index in [0.29, 0.717) is 57.2 Å². The minimum atomic E-state index is -1.66. The van der Waals surface area contributed by atoms with Crippen LogP contribution in [0.25, 0.3) is 0 Å². The number of carbonyl (C=O) groups is 10. The molecule has 0 unspecified atom stereocenters. The van der Waals surface area contributed by atoms with Crippen molar-refractivity contribution >= 4 is 83.6 Å². The number of aliphatic hydroxyl groups is 1. The third kappa shape index (κ3) is 24.0. The zero-order valence-electron chi connectivity index (χ0n) is 41.2. The maximum absolute atomic E-state index is 14.1. The maximum Gasteiger partial charge on any atom is 0.326 e. The number of thiol groups is 1. The molecule has 71 heavy (non-hydrogen) atoms. The number of aliphatic carboxylic acids is 2. The summed E-state index contributed by atoms with van der Waals surface area (Å²) in [5.41, 5.74) is 22.6. The summed E-state index contributed by atoms with van der Waals surface area (Å²) in [4.78, 5) is 133. The molecule has 1 aliphatic rings. The molecule has 406 valence electrons. The zero-order chi connectivity index (χ0) is 53.6. The van der Waals surface area contributed by atoms with E-state index in [2.05, 4.69) is 49.8 Å². The van der Waals surface area contributed by atoms with Crippen molar-refractivity contribution in [3.63, 3.8) is 0 Å². The molecule has 0 aromatic rings. The van der Waals surface area contributed by atoms with Crippen molar-refractivity contribution < 1.29 is 63.3 Å². The van der Waals surface area contributed by atoms with Gasteiger partial charge in [-0.2, -0.15) is 24.4 Å². The van der Waals surface area contributed by atoms with Gasteiger partial charge >= 0.3 is 11.9 Å². The minimum Gasteiger partial charge on any atom is -0.481 e. The van der Waals surface area contributed by atoms with Gasteiger partial charge in [0.25, 0.3) is 0 Å². The molecule has 27 heteroatoms. The van der Waals surface area contributed by atoms with Crippen molar-refractivity contribution in [2.45, 2.75) is 158 Å². The summed E-state index contributed by atoms with van der Waals surface area (Å²) in [5, 5.41) is 46.8. The number of nitrogens with one attached hydrogen (secondary N) is 7. The van der Waals surface area contributed by atoms with Gasteiger partial charge in [-0.1, -0.05) is 13.8 Å². The Morgan fingerprint density at radius 3 is 1.51 bits per heavy atom. The van der Waals surface area contributed by atoms with E-state index in [1.807, 2.05) is 13.8 Å². The number of unbranched alkanes of at least 4 members (excludes halogenated alkanes) is 3. The first-order valence-electron chi connectivity index (χ1n) is 24.1. The number of nitrogens with two attached hydrogens (primary N) is 4. The first-order valence-corrected chi connectivity index (χ1v) is 26.2. The summed E-state index contributed by atoms with van der Waals surface area (Å²) in [6.45, 7) is 3.77. The Morgan fingerprint density at radius 2 is 1.06 bits per heavy atom. The summed E-state index contributed by atoms with van der Waals surface area (Å²) >= 11 is 5.56. The molecule has 1 rings (SSSR count). The summed E-state index contributed by atoms with van der Waals surface area (Å²) < 4.78 is 0. The Bertz CT molecular complexity index is 1750. The van der Waals surface area contributed by atoms with Crippen molar-refractivity contribution in [2.24, 2.45) is 28.9 Å². The molecule has 0 aromatic carbocycles. The molecule has 0 saturated carbocycles. The highest BCUT2D eigenvalue weighted by Gasteiger charge is 2.40. The number of carboxylic acids is 2. The monoisotopic (exact) mass is 1050 g/mol. The summed E-state index contributed by atoms with van der Waals surface area (Å²) in [5.74, 6) is -9.08. The van der Waals surface area contributed by atoms with Crippen molar-refractivity contribution in [3.05, 3.63) is 0 Å². The Hall–Kier alpha value is -4.80. The van der Waals surface area contributed by atoms with Crippen molar-refractivity contribution in [1.29, 1.82) is 0 Å². The fraction of sp³-hybridized carbons (Fsp3) is 0.773. The topological polar surface area (TPSA) is 423 Å². The molecule has 1 aliphatic heterocycles. The van der Waals surface area contributed by atoms with Gasteiger partial charge in [-0.3, -0.25) is 43.2 Å². The predicted molar refractivity (Wildman–Crippen MR) is 268 cm³/mol. The predicted octanol–water partition coefficient (Wildman–Crippen LogP) is -3.63. The fourth-order valence-corrected chi connectivity index (χ4v) is 8.28. The largest absolute Gasteiger partial charge is 0.481 e. The van der Waals surface area contributed by atoms with Crippen LogP contribution in [0.4, 0.5) is 0 Å². The lowest BCUT2D eigenvalue weighted by atomic mass is 10.0. The number of hydrogen-bond donors (Lipinski definition) is 15. The first kappa shape index (κ1) is 64.2. The lowest BCUT2D eigenvalue weighted by Crippen LogP contribution is -2.61. The molecule has 1 saturated heterocycles. The van der Waals surface area contributed by atoms with Crippen LogP contribution in [0.5, 0.6) is 0 Å². The Balaban J connectivity index is 3.25. The average molecular weight is 1050 g/mol. The number of amides is 8. The second-order valence-electron chi connectivity index (χ2n) is 17.8. The number of thioether (sulfide) groups is 1. The van der Waals surface area contributed by atoms with Crippen molar-refractivity contribution in [3.8, 4) is 0 Å². The molecule has 1 heterocycles. The van der Waals surface area contributed by atoms with E-state index in [1.165, 1.54) is 16.7 Å². The minimum absolute atomic E-state index is 0.0319. The second-order valence-corrected chi connectivity index (χ2v) is 19.1. The maximum atomic E-state index is 14.1. The number of hydrogen-bond acceptors (Lipinski definition) is 17. The van der Waals surface area contributed by atoms with E-state index in [0.717, 1.165) is 0 Å². The molecule has 25 nitrogen and oxygen atoms in total. The van der Waals surface area contributed by atoms with Gasteiger partial charge in [0.2, 0.25) is 47.3 Å². The number of likely N-dealkylation sites (tertiary alicyclic amines) is 1. The lowest BCUT2D eigenvalue weighted by Gasteiger charge is -2.31. The second kappa shape index (κ2) is 35.3. The van der Waals surface area contributed by atoms with Crippen LogP contribution < -0.4 is 60.2 Å². The molecular weight excluding hydrogens is 969 g/mol. The van der Waals surface area contributed by atoms with Gasteiger partial charge in [-0.25, -0.2) is 4.79 Å². The molecule has 18 N–H and O–H groups in total. The molecule has 1 fully saturated rings.